The average Bonchev–Trinajstić information content (AvgIpc) is 3.36. The van der Waals surface area contributed by atoms with Gasteiger partial charge in [-0.2, -0.15) is 0 Å². The molecule has 1 aliphatic heterocycles. The first-order chi connectivity index (χ1) is 24.5. The van der Waals surface area contributed by atoms with E-state index in [1.54, 1.807) is 55.4 Å². The molecular formula is C41H62N4O8. The van der Waals surface area contributed by atoms with Gasteiger partial charge in [-0.3, -0.25) is 9.59 Å². The molecule has 0 unspecified atom stereocenters. The summed E-state index contributed by atoms with van der Waals surface area (Å²) in [5, 5.41) is 11.9. The average molecular weight is 739 g/mol. The minimum atomic E-state index is -1.09. The summed E-state index contributed by atoms with van der Waals surface area (Å²) < 4.78 is 24.2. The molecular weight excluding hydrogens is 676 g/mol. The molecule has 12 nitrogen and oxygen atoms in total. The molecule has 6 atom stereocenters. The predicted octanol–water partition coefficient (Wildman–Crippen LogP) is 6.06. The van der Waals surface area contributed by atoms with Gasteiger partial charge in [0, 0.05) is 0 Å². The Morgan fingerprint density at radius 3 is 1.21 bits per heavy atom. The summed E-state index contributed by atoms with van der Waals surface area (Å²) in [5.41, 5.74) is 0.384. The Morgan fingerprint density at radius 2 is 0.925 bits per heavy atom. The number of hydrogen-bond donors (Lipinski definition) is 4. The van der Waals surface area contributed by atoms with Gasteiger partial charge in [0.1, 0.15) is 35.5 Å². The van der Waals surface area contributed by atoms with Crippen LogP contribution in [-0.2, 0) is 41.4 Å². The zero-order valence-electron chi connectivity index (χ0n) is 33.6. The van der Waals surface area contributed by atoms with E-state index in [4.69, 9.17) is 18.9 Å². The third kappa shape index (κ3) is 14.3. The Morgan fingerprint density at radius 1 is 0.604 bits per heavy atom. The highest BCUT2D eigenvalue weighted by atomic mass is 16.8. The van der Waals surface area contributed by atoms with Crippen molar-refractivity contribution >= 4 is 24.0 Å². The number of benzene rings is 2. The highest BCUT2D eigenvalue weighted by Gasteiger charge is 2.50. The fourth-order valence-electron chi connectivity index (χ4n) is 6.16. The Kier molecular flexibility index (Phi) is 14.9. The van der Waals surface area contributed by atoms with Crippen molar-refractivity contribution in [3.8, 4) is 0 Å². The van der Waals surface area contributed by atoms with Gasteiger partial charge in [-0.05, 0) is 91.2 Å². The molecule has 1 aliphatic rings. The van der Waals surface area contributed by atoms with Crippen molar-refractivity contribution in [2.24, 2.45) is 11.8 Å². The molecule has 4 amide bonds. The van der Waals surface area contributed by atoms with Gasteiger partial charge < -0.3 is 40.2 Å². The maximum atomic E-state index is 14.1. The van der Waals surface area contributed by atoms with Crippen molar-refractivity contribution in [2.45, 2.75) is 149 Å². The molecule has 0 bridgehead atoms. The van der Waals surface area contributed by atoms with Crippen molar-refractivity contribution < 1.29 is 38.1 Å². The second-order valence-electron chi connectivity index (χ2n) is 16.9. The smallest absolute Gasteiger partial charge is 0.408 e. The zero-order chi connectivity index (χ0) is 39.7. The topological polar surface area (TPSA) is 153 Å². The van der Waals surface area contributed by atoms with Crippen molar-refractivity contribution in [2.75, 3.05) is 0 Å². The summed E-state index contributed by atoms with van der Waals surface area (Å²) >= 11 is 0. The molecule has 1 heterocycles. The number of carbonyl (C=O) groups excluding carboxylic acids is 4. The van der Waals surface area contributed by atoms with Gasteiger partial charge in [0.15, 0.2) is 5.79 Å². The minimum Gasteiger partial charge on any atom is -0.444 e. The van der Waals surface area contributed by atoms with E-state index in [2.05, 4.69) is 21.3 Å². The van der Waals surface area contributed by atoms with Gasteiger partial charge in [0.05, 0.1) is 12.1 Å². The molecule has 0 aromatic heterocycles. The first-order valence-electron chi connectivity index (χ1n) is 18.6. The summed E-state index contributed by atoms with van der Waals surface area (Å²) in [6.45, 7) is 21.5. The lowest BCUT2D eigenvalue weighted by atomic mass is 9.90. The van der Waals surface area contributed by atoms with E-state index in [9.17, 15) is 19.2 Å². The van der Waals surface area contributed by atoms with Crippen LogP contribution >= 0.6 is 0 Å². The Bertz CT molecular complexity index is 1390. The van der Waals surface area contributed by atoms with Gasteiger partial charge in [-0.15, -0.1) is 0 Å². The molecule has 53 heavy (non-hydrogen) atoms. The number of nitrogens with one attached hydrogen (secondary N) is 4. The van der Waals surface area contributed by atoms with Crippen LogP contribution in [0.5, 0.6) is 0 Å². The maximum absolute atomic E-state index is 14.1. The third-order valence-electron chi connectivity index (χ3n) is 8.45. The molecule has 12 heteroatoms. The molecule has 3 rings (SSSR count). The van der Waals surface area contributed by atoms with Gasteiger partial charge >= 0.3 is 12.2 Å². The highest BCUT2D eigenvalue weighted by molar-refractivity contribution is 5.87. The predicted molar refractivity (Wildman–Crippen MR) is 204 cm³/mol. The summed E-state index contributed by atoms with van der Waals surface area (Å²) in [4.78, 5) is 53.9. The van der Waals surface area contributed by atoms with Crippen LogP contribution in [0.1, 0.15) is 94.2 Å². The number of amides is 4. The number of alkyl carbamates (subject to hydrolysis) is 2. The highest BCUT2D eigenvalue weighted by Crippen LogP contribution is 2.34. The van der Waals surface area contributed by atoms with Crippen molar-refractivity contribution in [3.05, 3.63) is 71.8 Å². The van der Waals surface area contributed by atoms with Crippen molar-refractivity contribution in [1.82, 2.24) is 21.3 Å². The first kappa shape index (κ1) is 43.2. The summed E-state index contributed by atoms with van der Waals surface area (Å²) in [5.74, 6) is -2.47. The minimum absolute atomic E-state index is 0.275. The molecule has 2 aromatic rings. The molecule has 294 valence electrons. The summed E-state index contributed by atoms with van der Waals surface area (Å²) in [6.07, 6.45) is -2.18. The fraction of sp³-hybridized carbons (Fsp3) is 0.610. The van der Waals surface area contributed by atoms with Gasteiger partial charge in [0.25, 0.3) is 0 Å². The second-order valence-corrected chi connectivity index (χ2v) is 16.9. The van der Waals surface area contributed by atoms with Crippen LogP contribution in [-0.4, -0.2) is 77.4 Å². The Balaban J connectivity index is 2.03. The zero-order valence-corrected chi connectivity index (χ0v) is 33.6. The van der Waals surface area contributed by atoms with E-state index >= 15 is 0 Å². The maximum Gasteiger partial charge on any atom is 0.408 e. The van der Waals surface area contributed by atoms with Gasteiger partial charge in [-0.1, -0.05) is 88.4 Å². The number of hydrogen-bond acceptors (Lipinski definition) is 8. The largest absolute Gasteiger partial charge is 0.444 e. The number of rotatable bonds is 14. The molecule has 0 spiro atoms. The monoisotopic (exact) mass is 738 g/mol. The van der Waals surface area contributed by atoms with Crippen LogP contribution in [0.2, 0.25) is 0 Å². The Hall–Kier alpha value is -4.16. The standard InChI is InChI=1S/C41H62N4O8/c1-25(2)31(44-37(48)52-39(5,6)7)35(46)42-29(23-27-19-15-13-16-20-27)33-34(51-41(11,12)50-33)30(24-28-21-17-14-18-22-28)43-36(47)32(26(3)4)45-38(49)53-40(8,9)10/h13-22,25-26,29-34H,23-24H2,1-12H3,(H,42,46)(H,43,47)(H,44,48)(H,45,49)/t29-,30-,31-,32-,33+,34+/m0/s1. The van der Waals surface area contributed by atoms with E-state index in [0.717, 1.165) is 11.1 Å². The van der Waals surface area contributed by atoms with E-state index in [0.29, 0.717) is 12.8 Å². The summed E-state index contributed by atoms with van der Waals surface area (Å²) in [7, 11) is 0. The lowest BCUT2D eigenvalue weighted by Gasteiger charge is -2.34. The van der Waals surface area contributed by atoms with Crippen molar-refractivity contribution in [3.63, 3.8) is 0 Å². The van der Waals surface area contributed by atoms with Gasteiger partial charge in [0.2, 0.25) is 11.8 Å². The number of ether oxygens (including phenoxy) is 4. The SMILES string of the molecule is CC(C)[C@H](NC(=O)OC(C)(C)C)C(=O)N[C@@H](Cc1ccccc1)[C@H]1OC(C)(C)O[C@@H]1[C@H](Cc1ccccc1)NC(=O)[C@@H](NC(=O)OC(C)(C)C)C(C)C. The summed E-state index contributed by atoms with van der Waals surface area (Å²) in [6, 6.07) is 16.2. The van der Waals surface area contributed by atoms with E-state index in [-0.39, 0.29) is 11.8 Å². The van der Waals surface area contributed by atoms with E-state index in [1.165, 1.54) is 0 Å². The fourth-order valence-corrected chi connectivity index (χ4v) is 6.16. The Labute approximate surface area is 315 Å². The lowest BCUT2D eigenvalue weighted by Crippen LogP contribution is -2.61. The lowest BCUT2D eigenvalue weighted by molar-refractivity contribution is -0.152. The van der Waals surface area contributed by atoms with Crippen LogP contribution in [0.25, 0.3) is 0 Å². The van der Waals surface area contributed by atoms with Gasteiger partial charge in [-0.25, -0.2) is 9.59 Å². The van der Waals surface area contributed by atoms with E-state index < -0.39 is 77.4 Å². The molecule has 2 aromatic carbocycles. The molecule has 0 saturated carbocycles. The normalized spacial score (nSPS) is 19.4. The second kappa shape index (κ2) is 18.2. The molecule has 1 saturated heterocycles. The quantitative estimate of drug-likeness (QED) is 0.183. The molecule has 1 fully saturated rings. The van der Waals surface area contributed by atoms with Crippen LogP contribution in [0.3, 0.4) is 0 Å². The molecule has 0 radical (unpaired) electrons. The molecule has 0 aliphatic carbocycles. The van der Waals surface area contributed by atoms with Crippen LogP contribution in [0, 0.1) is 11.8 Å². The van der Waals surface area contributed by atoms with Crippen LogP contribution < -0.4 is 21.3 Å². The third-order valence-corrected chi connectivity index (χ3v) is 8.45. The number of carbonyl (C=O) groups is 4. The first-order valence-corrected chi connectivity index (χ1v) is 18.6. The van der Waals surface area contributed by atoms with Crippen molar-refractivity contribution in [1.29, 1.82) is 0 Å². The van der Waals surface area contributed by atoms with Crippen LogP contribution in [0.4, 0.5) is 9.59 Å². The molecule has 4 N–H and O–H groups in total. The van der Waals surface area contributed by atoms with Crippen LogP contribution in [0.15, 0.2) is 60.7 Å². The van der Waals surface area contributed by atoms with E-state index in [1.807, 2.05) is 88.4 Å².